The molecule has 0 spiro atoms. The lowest BCUT2D eigenvalue weighted by Gasteiger charge is -2.31. The van der Waals surface area contributed by atoms with E-state index in [1.165, 1.54) is 55.5 Å². The minimum atomic E-state index is -5.13. The van der Waals surface area contributed by atoms with E-state index in [1.54, 1.807) is 6.07 Å². The van der Waals surface area contributed by atoms with Gasteiger partial charge in [-0.2, -0.15) is 13.2 Å². The minimum Gasteiger partial charge on any atom is -0.460 e. The van der Waals surface area contributed by atoms with Crippen LogP contribution in [0, 0.1) is 5.82 Å². The Kier molecular flexibility index (Phi) is 7.33. The molecule has 5 nitrogen and oxygen atoms in total. The van der Waals surface area contributed by atoms with Gasteiger partial charge in [-0.25, -0.2) is 9.18 Å². The Morgan fingerprint density at radius 2 is 1.66 bits per heavy atom. The lowest BCUT2D eigenvalue weighted by molar-refractivity contribution is -0.743. The normalized spacial score (nSPS) is 13.4. The van der Waals surface area contributed by atoms with Crippen LogP contribution in [0.25, 0.3) is 0 Å². The van der Waals surface area contributed by atoms with Gasteiger partial charge < -0.3 is 10.1 Å². The molecule has 2 aromatic rings. The van der Waals surface area contributed by atoms with Gasteiger partial charge in [0, 0.05) is 12.0 Å². The number of rotatable bonds is 8. The molecule has 29 heavy (non-hydrogen) atoms. The van der Waals surface area contributed by atoms with Gasteiger partial charge in [-0.3, -0.25) is 10.1 Å². The summed E-state index contributed by atoms with van der Waals surface area (Å²) in [5.74, 6) is -3.14. The van der Waals surface area contributed by atoms with Gasteiger partial charge in [-0.1, -0.05) is 30.3 Å². The molecule has 156 valence electrons. The van der Waals surface area contributed by atoms with Crippen molar-refractivity contribution in [2.45, 2.75) is 25.2 Å². The van der Waals surface area contributed by atoms with Crippen molar-refractivity contribution in [1.82, 2.24) is 5.32 Å². The smallest absolute Gasteiger partial charge is 0.460 e. The van der Waals surface area contributed by atoms with Crippen LogP contribution in [0.3, 0.4) is 0 Å². The minimum absolute atomic E-state index is 0.0302. The van der Waals surface area contributed by atoms with Crippen molar-refractivity contribution in [3.05, 3.63) is 71.5 Å². The van der Waals surface area contributed by atoms with Crippen molar-refractivity contribution < 1.29 is 37.2 Å². The van der Waals surface area contributed by atoms with Crippen LogP contribution in [0.4, 0.5) is 17.6 Å². The first-order valence-electron chi connectivity index (χ1n) is 8.90. The van der Waals surface area contributed by atoms with Gasteiger partial charge in [0.2, 0.25) is 0 Å². The molecule has 0 unspecified atom stereocenters. The maximum atomic E-state index is 14.0. The highest BCUT2D eigenvalue weighted by Crippen LogP contribution is 2.27. The number of nitrogens with two attached hydrogens (primary N) is 1. The zero-order valence-electron chi connectivity index (χ0n) is 15.6. The first-order valence-corrected chi connectivity index (χ1v) is 8.90. The summed E-state index contributed by atoms with van der Waals surface area (Å²) in [6.07, 6.45) is -5.02. The maximum absolute atomic E-state index is 14.0. The summed E-state index contributed by atoms with van der Waals surface area (Å²) in [6.45, 7) is 0.874. The second-order valence-electron chi connectivity index (χ2n) is 6.22. The van der Waals surface area contributed by atoms with Crippen molar-refractivity contribution in [2.24, 2.45) is 0 Å². The predicted octanol–water partition coefficient (Wildman–Crippen LogP) is 2.18. The van der Waals surface area contributed by atoms with E-state index in [4.69, 9.17) is 0 Å². The summed E-state index contributed by atoms with van der Waals surface area (Å²) in [5, 5.41) is 2.50. The van der Waals surface area contributed by atoms with Crippen LogP contribution in [0.5, 0.6) is 0 Å². The molecule has 0 aromatic heterocycles. The van der Waals surface area contributed by atoms with E-state index in [9.17, 15) is 27.2 Å². The van der Waals surface area contributed by atoms with Crippen molar-refractivity contribution in [3.63, 3.8) is 0 Å². The van der Waals surface area contributed by atoms with E-state index >= 15 is 0 Å². The summed E-state index contributed by atoms with van der Waals surface area (Å²) < 4.78 is 59.6. The molecule has 1 amide bonds. The van der Waals surface area contributed by atoms with Crippen LogP contribution in [0.15, 0.2) is 54.6 Å². The fraction of sp³-hybridized carbons (Fsp3) is 0.300. The molecule has 0 aliphatic heterocycles. The van der Waals surface area contributed by atoms with Crippen molar-refractivity contribution in [2.75, 3.05) is 13.2 Å². The zero-order chi connectivity index (χ0) is 21.5. The van der Waals surface area contributed by atoms with Gasteiger partial charge in [0.1, 0.15) is 5.82 Å². The highest BCUT2D eigenvalue weighted by Gasteiger charge is 2.67. The third kappa shape index (κ3) is 5.54. The van der Waals surface area contributed by atoms with Crippen LogP contribution in [0.1, 0.15) is 22.8 Å². The molecule has 2 aromatic carbocycles. The summed E-state index contributed by atoms with van der Waals surface area (Å²) in [4.78, 5) is 24.7. The number of amides is 1. The molecule has 0 fully saturated rings. The van der Waals surface area contributed by atoms with E-state index in [0.29, 0.717) is 10.9 Å². The predicted molar refractivity (Wildman–Crippen MR) is 96.2 cm³/mol. The van der Waals surface area contributed by atoms with Crippen LogP contribution in [-0.2, 0) is 16.0 Å². The Hall–Kier alpha value is -2.94. The van der Waals surface area contributed by atoms with Gasteiger partial charge in [0.25, 0.3) is 5.91 Å². The molecule has 2 rings (SSSR count). The molecule has 0 aliphatic rings. The second kappa shape index (κ2) is 9.51. The number of hydrogen-bond donors (Lipinski definition) is 2. The fourth-order valence-electron chi connectivity index (χ4n) is 2.68. The standard InChI is InChI=1S/C20H20F4N2O3/c1-2-29-18(28)19(20(22,23)24,26-17(27)15-6-4-3-5-7-15)25-13-12-14-8-10-16(21)11-9-14/h3-11,25H,2,12-13H2,1H3,(H,26,27)/p+1/t19-/m0/s1. The quantitative estimate of drug-likeness (QED) is 0.396. The Bertz CT molecular complexity index is 826. The van der Waals surface area contributed by atoms with Crippen LogP contribution >= 0.6 is 0 Å². The van der Waals surface area contributed by atoms with Gasteiger partial charge in [-0.15, -0.1) is 0 Å². The number of halogens is 4. The molecular weight excluding hydrogens is 392 g/mol. The van der Waals surface area contributed by atoms with E-state index in [0.717, 1.165) is 0 Å². The molecule has 0 saturated heterocycles. The average Bonchev–Trinajstić information content (AvgIpc) is 2.68. The average molecular weight is 413 g/mol. The largest absolute Gasteiger partial charge is 0.478 e. The number of alkyl halides is 3. The highest BCUT2D eigenvalue weighted by atomic mass is 19.4. The Labute approximate surface area is 165 Å². The number of nitrogens with one attached hydrogen (secondary N) is 1. The summed E-state index contributed by atoms with van der Waals surface area (Å²) >= 11 is 0. The van der Waals surface area contributed by atoms with E-state index in [2.05, 4.69) is 4.74 Å². The van der Waals surface area contributed by atoms with E-state index < -0.39 is 29.5 Å². The van der Waals surface area contributed by atoms with Crippen molar-refractivity contribution in [3.8, 4) is 0 Å². The second-order valence-corrected chi connectivity index (χ2v) is 6.22. The molecule has 1 atom stereocenters. The lowest BCUT2D eigenvalue weighted by atomic mass is 10.1. The summed E-state index contributed by atoms with van der Waals surface area (Å²) in [6, 6.07) is 12.5. The number of carbonyl (C=O) groups is 2. The topological polar surface area (TPSA) is 72.0 Å². The number of esters is 1. The molecule has 0 saturated carbocycles. The fourth-order valence-corrected chi connectivity index (χ4v) is 2.68. The summed E-state index contributed by atoms with van der Waals surface area (Å²) in [5.41, 5.74) is -2.76. The number of ether oxygens (including phenoxy) is 1. The number of carbonyl (C=O) groups excluding carboxylic acids is 2. The van der Waals surface area contributed by atoms with Gasteiger partial charge >= 0.3 is 17.8 Å². The van der Waals surface area contributed by atoms with Crippen LogP contribution < -0.4 is 10.6 Å². The van der Waals surface area contributed by atoms with E-state index in [-0.39, 0.29) is 25.1 Å². The zero-order valence-corrected chi connectivity index (χ0v) is 15.6. The van der Waals surface area contributed by atoms with Crippen molar-refractivity contribution in [1.29, 1.82) is 0 Å². The third-order valence-corrected chi connectivity index (χ3v) is 4.19. The van der Waals surface area contributed by atoms with Crippen molar-refractivity contribution >= 4 is 11.9 Å². The maximum Gasteiger partial charge on any atom is 0.478 e. The third-order valence-electron chi connectivity index (χ3n) is 4.19. The van der Waals surface area contributed by atoms with Gasteiger partial charge in [0.15, 0.2) is 0 Å². The molecule has 0 heterocycles. The van der Waals surface area contributed by atoms with Gasteiger partial charge in [0.05, 0.1) is 13.2 Å². The Balaban J connectivity index is 2.28. The first kappa shape index (κ1) is 22.4. The SMILES string of the molecule is CCOC(=O)[C@@](NC(=O)c1ccccc1)([NH2+]CCc1ccc(F)cc1)C(F)(F)F. The monoisotopic (exact) mass is 413 g/mol. The van der Waals surface area contributed by atoms with Crippen LogP contribution in [-0.4, -0.2) is 36.9 Å². The number of quaternary nitrogens is 1. The molecule has 0 bridgehead atoms. The lowest BCUT2D eigenvalue weighted by Crippen LogP contribution is -3.07. The first-order chi connectivity index (χ1) is 13.7. The highest BCUT2D eigenvalue weighted by molar-refractivity contribution is 5.97. The molecule has 9 heteroatoms. The van der Waals surface area contributed by atoms with Crippen LogP contribution in [0.2, 0.25) is 0 Å². The number of hydrogen-bond acceptors (Lipinski definition) is 3. The van der Waals surface area contributed by atoms with E-state index in [1.807, 2.05) is 5.32 Å². The molecule has 0 aliphatic carbocycles. The molecule has 0 radical (unpaired) electrons. The summed E-state index contributed by atoms with van der Waals surface area (Å²) in [7, 11) is 0. The Morgan fingerprint density at radius 3 is 2.21 bits per heavy atom. The number of benzene rings is 2. The Morgan fingerprint density at radius 1 is 1.03 bits per heavy atom. The van der Waals surface area contributed by atoms with Gasteiger partial charge in [-0.05, 0) is 36.8 Å². The molecule has 3 N–H and O–H groups in total. The molecular formula is C20H21F4N2O3+.